The number of carboxylic acids is 1. The van der Waals surface area contributed by atoms with Crippen LogP contribution in [0.5, 0.6) is 0 Å². The molecule has 0 fully saturated rings. The lowest BCUT2D eigenvalue weighted by Gasteiger charge is -2.09. The smallest absolute Gasteiger partial charge is 0.303 e. The van der Waals surface area contributed by atoms with E-state index in [1.807, 2.05) is 18.2 Å². The van der Waals surface area contributed by atoms with Crippen molar-refractivity contribution in [2.45, 2.75) is 26.3 Å². The van der Waals surface area contributed by atoms with Crippen molar-refractivity contribution < 1.29 is 9.90 Å². The average molecular weight is 451 g/mol. The van der Waals surface area contributed by atoms with E-state index in [1.54, 1.807) is 0 Å². The Morgan fingerprint density at radius 2 is 1.75 bits per heavy atom. The first-order valence-electron chi connectivity index (χ1n) is 7.69. The van der Waals surface area contributed by atoms with Gasteiger partial charge in [-0.25, -0.2) is 0 Å². The second kappa shape index (κ2) is 7.11. The van der Waals surface area contributed by atoms with Gasteiger partial charge >= 0.3 is 5.97 Å². The Hall–Kier alpha value is -1.59. The second-order valence-electron chi connectivity index (χ2n) is 5.83. The third-order valence-corrected chi connectivity index (χ3v) is 5.28. The fraction of sp³-hybridized carbons (Fsp3) is 0.211. The van der Waals surface area contributed by atoms with Crippen LogP contribution in [0.2, 0.25) is 0 Å². The summed E-state index contributed by atoms with van der Waals surface area (Å²) in [5.74, 6) is -0.766. The number of hydrogen-bond acceptors (Lipinski definition) is 1. The van der Waals surface area contributed by atoms with Gasteiger partial charge in [-0.05, 0) is 54.8 Å². The van der Waals surface area contributed by atoms with E-state index in [9.17, 15) is 4.79 Å². The Bertz CT molecular complexity index is 898. The first-order valence-corrected chi connectivity index (χ1v) is 9.28. The number of aliphatic carboxylic acids is 1. The highest BCUT2D eigenvalue weighted by atomic mass is 79.9. The Kier molecular flexibility index (Phi) is 5.11. The quantitative estimate of drug-likeness (QED) is 0.554. The number of fused-ring (bicyclic) bond motifs is 1. The minimum atomic E-state index is -0.766. The molecule has 3 rings (SSSR count). The van der Waals surface area contributed by atoms with Crippen LogP contribution in [0.4, 0.5) is 0 Å². The molecule has 0 radical (unpaired) electrons. The predicted molar refractivity (Wildman–Crippen MR) is 104 cm³/mol. The monoisotopic (exact) mass is 449 g/mol. The van der Waals surface area contributed by atoms with Crippen LogP contribution in [-0.4, -0.2) is 15.6 Å². The molecule has 2 aromatic carbocycles. The molecule has 0 aliphatic rings. The van der Waals surface area contributed by atoms with E-state index in [1.165, 1.54) is 5.56 Å². The highest BCUT2D eigenvalue weighted by Crippen LogP contribution is 2.30. The number of carbonyl (C=O) groups is 1. The normalized spacial score (nSPS) is 11.1. The number of aryl methyl sites for hydroxylation is 1. The number of hydrogen-bond donors (Lipinski definition) is 1. The minimum absolute atomic E-state index is 0.144. The number of nitrogens with zero attached hydrogens (tertiary/aromatic N) is 1. The number of carboxylic acid groups (broad SMARTS) is 1. The van der Waals surface area contributed by atoms with Gasteiger partial charge in [-0.3, -0.25) is 4.79 Å². The van der Waals surface area contributed by atoms with Gasteiger partial charge in [0.2, 0.25) is 0 Å². The van der Waals surface area contributed by atoms with Crippen LogP contribution in [0.15, 0.2) is 51.4 Å². The highest BCUT2D eigenvalue weighted by Gasteiger charge is 2.15. The lowest BCUT2D eigenvalue weighted by molar-refractivity contribution is -0.136. The van der Waals surface area contributed by atoms with E-state index in [4.69, 9.17) is 5.11 Å². The fourth-order valence-corrected chi connectivity index (χ4v) is 3.67. The summed E-state index contributed by atoms with van der Waals surface area (Å²) >= 11 is 6.99. The Labute approximate surface area is 157 Å². The van der Waals surface area contributed by atoms with Gasteiger partial charge in [0.05, 0.1) is 0 Å². The van der Waals surface area contributed by atoms with Gasteiger partial charge in [-0.2, -0.15) is 0 Å². The third kappa shape index (κ3) is 3.57. The van der Waals surface area contributed by atoms with E-state index in [0.717, 1.165) is 37.7 Å². The zero-order valence-electron chi connectivity index (χ0n) is 13.2. The van der Waals surface area contributed by atoms with E-state index in [2.05, 4.69) is 67.6 Å². The largest absolute Gasteiger partial charge is 0.481 e. The van der Waals surface area contributed by atoms with Gasteiger partial charge in [-0.1, -0.05) is 44.0 Å². The van der Waals surface area contributed by atoms with E-state index >= 15 is 0 Å². The lowest BCUT2D eigenvalue weighted by atomic mass is 10.1. The Morgan fingerprint density at radius 1 is 1.08 bits per heavy atom. The van der Waals surface area contributed by atoms with Crippen molar-refractivity contribution in [3.63, 3.8) is 0 Å². The number of aromatic nitrogens is 1. The molecule has 1 aromatic heterocycles. The van der Waals surface area contributed by atoms with Gasteiger partial charge in [-0.15, -0.1) is 0 Å². The SMILES string of the molecule is Cc1c(CCC(=O)O)c2cc(Br)ccc2n1Cc1ccc(Br)cc1. The van der Waals surface area contributed by atoms with Gasteiger partial charge < -0.3 is 9.67 Å². The summed E-state index contributed by atoms with van der Waals surface area (Å²) in [5.41, 5.74) is 4.60. The molecule has 3 aromatic rings. The molecule has 0 unspecified atom stereocenters. The summed E-state index contributed by atoms with van der Waals surface area (Å²) in [6.07, 6.45) is 0.687. The molecular formula is C19H17Br2NO2. The molecule has 0 bridgehead atoms. The van der Waals surface area contributed by atoms with Crippen LogP contribution in [-0.2, 0) is 17.8 Å². The number of benzene rings is 2. The molecule has 0 aliphatic heterocycles. The molecule has 24 heavy (non-hydrogen) atoms. The lowest BCUT2D eigenvalue weighted by Crippen LogP contribution is -2.03. The fourth-order valence-electron chi connectivity index (χ4n) is 3.05. The average Bonchev–Trinajstić information content (AvgIpc) is 2.79. The molecule has 1 N–H and O–H groups in total. The molecule has 0 spiro atoms. The molecule has 5 heteroatoms. The van der Waals surface area contributed by atoms with E-state index in [-0.39, 0.29) is 6.42 Å². The summed E-state index contributed by atoms with van der Waals surface area (Å²) in [7, 11) is 0. The molecule has 0 amide bonds. The molecular weight excluding hydrogens is 434 g/mol. The highest BCUT2D eigenvalue weighted by molar-refractivity contribution is 9.10. The summed E-state index contributed by atoms with van der Waals surface area (Å²) in [4.78, 5) is 11.0. The van der Waals surface area contributed by atoms with Crippen molar-refractivity contribution in [1.29, 1.82) is 0 Å². The first-order chi connectivity index (χ1) is 11.5. The first kappa shape index (κ1) is 17.2. The van der Waals surface area contributed by atoms with Gasteiger partial charge in [0.15, 0.2) is 0 Å². The number of halogens is 2. The maximum Gasteiger partial charge on any atom is 0.303 e. The minimum Gasteiger partial charge on any atom is -0.481 e. The van der Waals surface area contributed by atoms with Crippen molar-refractivity contribution >= 4 is 48.7 Å². The maximum atomic E-state index is 11.0. The second-order valence-corrected chi connectivity index (χ2v) is 7.66. The molecule has 1 heterocycles. The summed E-state index contributed by atoms with van der Waals surface area (Å²) in [5, 5.41) is 10.2. The van der Waals surface area contributed by atoms with Crippen LogP contribution in [0, 0.1) is 6.92 Å². The van der Waals surface area contributed by atoms with E-state index in [0.29, 0.717) is 6.42 Å². The van der Waals surface area contributed by atoms with Crippen LogP contribution >= 0.6 is 31.9 Å². The van der Waals surface area contributed by atoms with Crippen LogP contribution in [0.1, 0.15) is 23.2 Å². The van der Waals surface area contributed by atoms with Crippen molar-refractivity contribution in [2.75, 3.05) is 0 Å². The van der Waals surface area contributed by atoms with Crippen LogP contribution in [0.3, 0.4) is 0 Å². The molecule has 3 nitrogen and oxygen atoms in total. The Balaban J connectivity index is 2.07. The van der Waals surface area contributed by atoms with Gasteiger partial charge in [0.1, 0.15) is 0 Å². The zero-order chi connectivity index (χ0) is 17.3. The maximum absolute atomic E-state index is 11.0. The predicted octanol–water partition coefficient (Wildman–Crippen LogP) is 5.54. The molecule has 0 saturated heterocycles. The van der Waals surface area contributed by atoms with Crippen molar-refractivity contribution in [1.82, 2.24) is 4.57 Å². The van der Waals surface area contributed by atoms with E-state index < -0.39 is 5.97 Å². The third-order valence-electron chi connectivity index (χ3n) is 4.26. The van der Waals surface area contributed by atoms with Crippen LogP contribution < -0.4 is 0 Å². The zero-order valence-corrected chi connectivity index (χ0v) is 16.4. The molecule has 0 saturated carbocycles. The Morgan fingerprint density at radius 3 is 2.42 bits per heavy atom. The van der Waals surface area contributed by atoms with Gasteiger partial charge in [0, 0.05) is 38.5 Å². The van der Waals surface area contributed by atoms with Crippen molar-refractivity contribution in [3.05, 3.63) is 68.2 Å². The molecule has 124 valence electrons. The van der Waals surface area contributed by atoms with Gasteiger partial charge in [0.25, 0.3) is 0 Å². The summed E-state index contributed by atoms with van der Waals surface area (Å²) < 4.78 is 4.33. The standard InChI is InChI=1S/C19H17Br2NO2/c1-12-16(7-9-19(23)24)17-10-15(21)6-8-18(17)22(12)11-13-2-4-14(20)5-3-13/h2-6,8,10H,7,9,11H2,1H3,(H,23,24). The molecule has 0 aliphatic carbocycles. The summed E-state index contributed by atoms with van der Waals surface area (Å²) in [6.45, 7) is 2.84. The van der Waals surface area contributed by atoms with Crippen LogP contribution in [0.25, 0.3) is 10.9 Å². The topological polar surface area (TPSA) is 42.2 Å². The number of rotatable bonds is 5. The summed E-state index contributed by atoms with van der Waals surface area (Å²) in [6, 6.07) is 14.5. The van der Waals surface area contributed by atoms with Crippen molar-refractivity contribution in [2.24, 2.45) is 0 Å². The van der Waals surface area contributed by atoms with Crippen molar-refractivity contribution in [3.8, 4) is 0 Å². The molecule has 0 atom stereocenters.